The summed E-state index contributed by atoms with van der Waals surface area (Å²) in [6.45, 7) is 10.7. The number of rotatable bonds is 4. The Balaban J connectivity index is 1.55. The third-order valence-corrected chi connectivity index (χ3v) is 6.87. The molecule has 2 aliphatic rings. The highest BCUT2D eigenvalue weighted by Crippen LogP contribution is 2.47. The molecule has 0 bridgehead atoms. The van der Waals surface area contributed by atoms with E-state index in [1.807, 2.05) is 37.1 Å². The number of nitrogens with zero attached hydrogens (tertiary/aromatic N) is 4. The minimum Gasteiger partial charge on any atom is -0.456 e. The Kier molecular flexibility index (Phi) is 4.68. The predicted octanol–water partition coefficient (Wildman–Crippen LogP) is 4.69. The van der Waals surface area contributed by atoms with Gasteiger partial charge in [0.05, 0.1) is 17.9 Å². The first-order valence-electron chi connectivity index (χ1n) is 11.2. The molecule has 1 fully saturated rings. The molecule has 6 nitrogen and oxygen atoms in total. The number of hydrogen-bond donors (Lipinski definition) is 0. The normalized spacial score (nSPS) is 19.9. The van der Waals surface area contributed by atoms with E-state index in [0.29, 0.717) is 24.8 Å². The zero-order valence-corrected chi connectivity index (χ0v) is 18.8. The van der Waals surface area contributed by atoms with Gasteiger partial charge in [-0.2, -0.15) is 0 Å². The molecule has 2 aliphatic heterocycles. The van der Waals surface area contributed by atoms with Crippen LogP contribution in [-0.4, -0.2) is 40.0 Å². The maximum Gasteiger partial charge on any atom is 0.289 e. The highest BCUT2D eigenvalue weighted by Gasteiger charge is 2.51. The molecule has 1 unspecified atom stereocenters. The van der Waals surface area contributed by atoms with Crippen LogP contribution in [0.25, 0.3) is 5.82 Å². The molecule has 3 aromatic rings. The number of carbonyl (C=O) groups is 1. The van der Waals surface area contributed by atoms with Gasteiger partial charge >= 0.3 is 0 Å². The van der Waals surface area contributed by atoms with Crippen LogP contribution in [0.3, 0.4) is 0 Å². The van der Waals surface area contributed by atoms with Crippen molar-refractivity contribution >= 4 is 11.6 Å². The average molecular weight is 419 g/mol. The lowest BCUT2D eigenvalue weighted by Crippen LogP contribution is -2.53. The zero-order valence-electron chi connectivity index (χ0n) is 18.8. The van der Waals surface area contributed by atoms with Gasteiger partial charge < -0.3 is 18.8 Å². The fourth-order valence-electron chi connectivity index (χ4n) is 5.05. The van der Waals surface area contributed by atoms with Gasteiger partial charge in [0.15, 0.2) is 11.6 Å². The lowest BCUT2D eigenvalue weighted by Gasteiger charge is -2.47. The van der Waals surface area contributed by atoms with Crippen LogP contribution >= 0.6 is 0 Å². The van der Waals surface area contributed by atoms with Crippen LogP contribution in [0.2, 0.25) is 0 Å². The Hall–Kier alpha value is -3.02. The molecule has 0 radical (unpaired) electrons. The molecule has 1 amide bonds. The number of furan rings is 1. The van der Waals surface area contributed by atoms with E-state index in [4.69, 9.17) is 9.40 Å². The summed E-state index contributed by atoms with van der Waals surface area (Å²) in [5, 5.41) is 0. The van der Waals surface area contributed by atoms with Crippen molar-refractivity contribution in [1.82, 2.24) is 14.5 Å². The number of aromatic nitrogens is 2. The van der Waals surface area contributed by atoms with Crippen LogP contribution in [0.4, 0.5) is 5.69 Å². The van der Waals surface area contributed by atoms with Crippen LogP contribution in [0.1, 0.15) is 54.3 Å². The van der Waals surface area contributed by atoms with E-state index in [1.54, 1.807) is 0 Å². The van der Waals surface area contributed by atoms with Gasteiger partial charge in [-0.3, -0.25) is 4.79 Å². The van der Waals surface area contributed by atoms with Gasteiger partial charge in [0.2, 0.25) is 0 Å². The van der Waals surface area contributed by atoms with Gasteiger partial charge in [0, 0.05) is 25.5 Å². The summed E-state index contributed by atoms with van der Waals surface area (Å²) in [7, 11) is 0. The van der Waals surface area contributed by atoms with Crippen LogP contribution in [0.15, 0.2) is 47.1 Å². The van der Waals surface area contributed by atoms with Crippen molar-refractivity contribution in [3.63, 3.8) is 0 Å². The molecule has 162 valence electrons. The van der Waals surface area contributed by atoms with E-state index in [-0.39, 0.29) is 11.4 Å². The summed E-state index contributed by atoms with van der Waals surface area (Å²) in [4.78, 5) is 22.5. The van der Waals surface area contributed by atoms with Crippen molar-refractivity contribution in [2.75, 3.05) is 24.5 Å². The molecule has 1 spiro atoms. The fourth-order valence-corrected chi connectivity index (χ4v) is 5.05. The number of likely N-dealkylation sites (tertiary alicyclic amines) is 1. The number of hydrogen-bond acceptors (Lipinski definition) is 4. The van der Waals surface area contributed by atoms with E-state index in [9.17, 15) is 4.79 Å². The van der Waals surface area contributed by atoms with Gasteiger partial charge in [-0.1, -0.05) is 13.8 Å². The maximum atomic E-state index is 13.3. The van der Waals surface area contributed by atoms with Gasteiger partial charge in [-0.25, -0.2) is 4.98 Å². The first kappa shape index (κ1) is 19.9. The van der Waals surface area contributed by atoms with Gasteiger partial charge in [-0.05, 0) is 68.5 Å². The molecule has 5 heterocycles. The molecular formula is C25H30N4O2. The van der Waals surface area contributed by atoms with Crippen molar-refractivity contribution in [3.8, 4) is 5.82 Å². The molecule has 5 rings (SSSR count). The third kappa shape index (κ3) is 3.08. The minimum absolute atomic E-state index is 0.0213. The van der Waals surface area contributed by atoms with E-state index in [0.717, 1.165) is 42.2 Å². The van der Waals surface area contributed by atoms with E-state index in [2.05, 4.69) is 47.7 Å². The maximum absolute atomic E-state index is 13.3. The largest absolute Gasteiger partial charge is 0.456 e. The van der Waals surface area contributed by atoms with Crippen molar-refractivity contribution in [3.05, 3.63) is 65.5 Å². The lowest BCUT2D eigenvalue weighted by atomic mass is 9.88. The third-order valence-electron chi connectivity index (χ3n) is 6.87. The Bertz CT molecular complexity index is 1110. The highest BCUT2D eigenvalue weighted by atomic mass is 16.4. The van der Waals surface area contributed by atoms with Crippen molar-refractivity contribution in [1.29, 1.82) is 0 Å². The van der Waals surface area contributed by atoms with Gasteiger partial charge in [0.1, 0.15) is 11.3 Å². The molecule has 31 heavy (non-hydrogen) atoms. The predicted molar refractivity (Wildman–Crippen MR) is 121 cm³/mol. The summed E-state index contributed by atoms with van der Waals surface area (Å²) in [6, 6.07) is 10.3. The summed E-state index contributed by atoms with van der Waals surface area (Å²) in [5.74, 6) is 2.79. The standard InChI is InChI=1S/C25H30N4O2/c1-17(2)9-13-29-20-7-5-11-26-23(20)28-12-6-8-22(28)25(29)10-14-27(16-25)24(30)21-15-18(3)19(4)31-21/h5-8,11-12,15,17H,9-10,13-14,16H2,1-4H3. The molecule has 3 aromatic heterocycles. The van der Waals surface area contributed by atoms with E-state index in [1.165, 1.54) is 5.69 Å². The molecular weight excluding hydrogens is 388 g/mol. The van der Waals surface area contributed by atoms with Crippen molar-refractivity contribution in [2.45, 2.75) is 46.1 Å². The smallest absolute Gasteiger partial charge is 0.289 e. The number of amides is 1. The lowest BCUT2D eigenvalue weighted by molar-refractivity contribution is 0.0749. The molecule has 1 atom stereocenters. The molecule has 1 saturated heterocycles. The van der Waals surface area contributed by atoms with Gasteiger partial charge in [-0.15, -0.1) is 0 Å². The molecule has 0 saturated carbocycles. The fraction of sp³-hybridized carbons (Fsp3) is 0.440. The number of anilines is 1. The second-order valence-electron chi connectivity index (χ2n) is 9.30. The molecule has 6 heteroatoms. The number of pyridine rings is 1. The Morgan fingerprint density at radius 2 is 2.10 bits per heavy atom. The quantitative estimate of drug-likeness (QED) is 0.617. The minimum atomic E-state index is -0.263. The molecule has 0 aliphatic carbocycles. The first-order valence-corrected chi connectivity index (χ1v) is 11.2. The average Bonchev–Trinajstić information content (AvgIpc) is 3.47. The number of fused-ring (bicyclic) bond motifs is 4. The van der Waals surface area contributed by atoms with E-state index < -0.39 is 0 Å². The highest BCUT2D eigenvalue weighted by molar-refractivity contribution is 5.92. The number of aryl methyl sites for hydroxylation is 2. The summed E-state index contributed by atoms with van der Waals surface area (Å²) < 4.78 is 7.97. The summed E-state index contributed by atoms with van der Waals surface area (Å²) >= 11 is 0. The monoisotopic (exact) mass is 418 g/mol. The Morgan fingerprint density at radius 1 is 1.26 bits per heavy atom. The molecule has 0 aromatic carbocycles. The Labute approximate surface area is 183 Å². The van der Waals surface area contributed by atoms with Crippen LogP contribution in [0.5, 0.6) is 0 Å². The van der Waals surface area contributed by atoms with Gasteiger partial charge in [0.25, 0.3) is 5.91 Å². The second-order valence-corrected chi connectivity index (χ2v) is 9.30. The zero-order chi connectivity index (χ0) is 21.8. The van der Waals surface area contributed by atoms with E-state index >= 15 is 0 Å². The summed E-state index contributed by atoms with van der Waals surface area (Å²) in [6.07, 6.45) is 5.91. The van der Waals surface area contributed by atoms with Crippen molar-refractivity contribution in [2.24, 2.45) is 5.92 Å². The summed E-state index contributed by atoms with van der Waals surface area (Å²) in [5.41, 5.74) is 3.11. The SMILES string of the molecule is Cc1cc(C(=O)N2CCC3(C2)c2cccn2-c2ncccc2N3CCC(C)C)oc1C. The topological polar surface area (TPSA) is 54.5 Å². The second kappa shape index (κ2) is 7.29. The van der Waals surface area contributed by atoms with Crippen LogP contribution in [0, 0.1) is 19.8 Å². The first-order chi connectivity index (χ1) is 14.9. The van der Waals surface area contributed by atoms with Crippen LogP contribution < -0.4 is 4.90 Å². The van der Waals surface area contributed by atoms with Crippen molar-refractivity contribution < 1.29 is 9.21 Å². The number of carbonyl (C=O) groups excluding carboxylic acids is 1. The Morgan fingerprint density at radius 3 is 2.84 bits per heavy atom. The van der Waals surface area contributed by atoms with Crippen LogP contribution in [-0.2, 0) is 5.54 Å². The molecule has 0 N–H and O–H groups in total.